The van der Waals surface area contributed by atoms with E-state index in [4.69, 9.17) is 9.47 Å². The molecule has 0 aliphatic carbocycles. The molecular formula is C37H41N3O6. The summed E-state index contributed by atoms with van der Waals surface area (Å²) in [5.41, 5.74) is 2.11. The zero-order valence-electron chi connectivity index (χ0n) is 26.4. The Balaban J connectivity index is 1.36. The molecule has 1 unspecified atom stereocenters. The first kappa shape index (κ1) is 32.7. The molecule has 1 heterocycles. The van der Waals surface area contributed by atoms with Crippen LogP contribution in [-0.4, -0.2) is 70.7 Å². The Morgan fingerprint density at radius 2 is 1.63 bits per heavy atom. The highest BCUT2D eigenvalue weighted by Crippen LogP contribution is 2.35. The number of ether oxygens (including phenoxy) is 2. The maximum Gasteiger partial charge on any atom is 0.258 e. The van der Waals surface area contributed by atoms with Crippen molar-refractivity contribution in [3.8, 4) is 17.2 Å². The SMILES string of the molecule is C[C@@H]1CN([C@@H](C)CO)C(=O)c2cccc(NC(=O)C(O)c3ccccc3)c2O[C@@H]1CN(C)Cc1ccc(Oc2ccccc2)cc1. The van der Waals surface area contributed by atoms with Gasteiger partial charge >= 0.3 is 0 Å². The first-order valence-corrected chi connectivity index (χ1v) is 15.5. The van der Waals surface area contributed by atoms with E-state index in [1.54, 1.807) is 60.4 Å². The molecule has 46 heavy (non-hydrogen) atoms. The van der Waals surface area contributed by atoms with Crippen LogP contribution in [0.15, 0.2) is 103 Å². The number of hydrogen-bond donors (Lipinski definition) is 3. The number of carbonyl (C=O) groups is 2. The van der Waals surface area contributed by atoms with Crippen LogP contribution in [-0.2, 0) is 11.3 Å². The molecule has 0 spiro atoms. The number of anilines is 1. The zero-order valence-corrected chi connectivity index (χ0v) is 26.4. The van der Waals surface area contributed by atoms with Crippen LogP contribution in [0.5, 0.6) is 17.2 Å². The summed E-state index contributed by atoms with van der Waals surface area (Å²) >= 11 is 0. The van der Waals surface area contributed by atoms with Crippen molar-refractivity contribution in [2.45, 2.75) is 38.6 Å². The van der Waals surface area contributed by atoms with Crippen LogP contribution in [0.25, 0.3) is 0 Å². The Labute approximate surface area is 270 Å². The lowest BCUT2D eigenvalue weighted by Gasteiger charge is -2.38. The summed E-state index contributed by atoms with van der Waals surface area (Å²) in [6.07, 6.45) is -1.78. The molecule has 4 atom stereocenters. The highest BCUT2D eigenvalue weighted by Gasteiger charge is 2.35. The number of aliphatic hydroxyl groups is 2. The Kier molecular flexibility index (Phi) is 10.7. The topological polar surface area (TPSA) is 112 Å². The Bertz CT molecular complexity index is 1600. The summed E-state index contributed by atoms with van der Waals surface area (Å²) in [5, 5.41) is 23.5. The number of fused-ring (bicyclic) bond motifs is 1. The fraction of sp³-hybridized carbons (Fsp3) is 0.297. The third-order valence-electron chi connectivity index (χ3n) is 8.16. The number of nitrogens with zero attached hydrogens (tertiary/aromatic N) is 2. The van der Waals surface area contributed by atoms with Crippen molar-refractivity contribution in [1.82, 2.24) is 9.80 Å². The molecule has 9 heteroatoms. The summed E-state index contributed by atoms with van der Waals surface area (Å²) in [6.45, 7) is 5.18. The third-order valence-corrected chi connectivity index (χ3v) is 8.16. The van der Waals surface area contributed by atoms with E-state index in [1.165, 1.54) is 0 Å². The van der Waals surface area contributed by atoms with Gasteiger partial charge in [-0.15, -0.1) is 0 Å². The van der Waals surface area contributed by atoms with Crippen LogP contribution >= 0.6 is 0 Å². The van der Waals surface area contributed by atoms with E-state index in [0.29, 0.717) is 25.2 Å². The van der Waals surface area contributed by atoms with Crippen molar-refractivity contribution >= 4 is 17.5 Å². The quantitative estimate of drug-likeness (QED) is 0.202. The molecule has 4 aromatic rings. The average molecular weight is 624 g/mol. The molecule has 3 N–H and O–H groups in total. The predicted octanol–water partition coefficient (Wildman–Crippen LogP) is 5.50. The maximum absolute atomic E-state index is 13.8. The standard InChI is InChI=1S/C37H41N3O6/c1-25-21-40(26(2)24-41)37(44)31-15-10-16-32(38-36(43)34(42)28-11-6-4-7-12-28)35(31)46-33(25)23-39(3)22-27-17-19-30(20-18-27)45-29-13-8-5-9-14-29/h4-20,25-26,33-34,41-42H,21-24H2,1-3H3,(H,38,43)/t25-,26+,33-,34?/m1/s1. The minimum Gasteiger partial charge on any atom is -0.486 e. The maximum atomic E-state index is 13.8. The van der Waals surface area contributed by atoms with E-state index < -0.39 is 18.1 Å². The molecule has 1 aliphatic rings. The monoisotopic (exact) mass is 623 g/mol. The molecule has 0 fully saturated rings. The number of aliphatic hydroxyl groups excluding tert-OH is 2. The van der Waals surface area contributed by atoms with Crippen molar-refractivity contribution in [2.24, 2.45) is 5.92 Å². The van der Waals surface area contributed by atoms with Crippen molar-refractivity contribution < 1.29 is 29.3 Å². The van der Waals surface area contributed by atoms with E-state index >= 15 is 0 Å². The number of amides is 2. The van der Waals surface area contributed by atoms with Crippen LogP contribution in [0, 0.1) is 5.92 Å². The number of likely N-dealkylation sites (N-methyl/N-ethyl adjacent to an activating group) is 1. The Hall–Kier alpha value is -4.70. The zero-order chi connectivity index (χ0) is 32.6. The summed E-state index contributed by atoms with van der Waals surface area (Å²) in [6, 6.07) is 30.8. The van der Waals surface area contributed by atoms with Gasteiger partial charge < -0.3 is 29.9 Å². The fourth-order valence-electron chi connectivity index (χ4n) is 5.52. The lowest BCUT2D eigenvalue weighted by Crippen LogP contribution is -2.49. The number of benzene rings is 4. The van der Waals surface area contributed by atoms with Crippen molar-refractivity contribution in [3.63, 3.8) is 0 Å². The first-order valence-electron chi connectivity index (χ1n) is 15.5. The van der Waals surface area contributed by atoms with Crippen LogP contribution in [0.4, 0.5) is 5.69 Å². The molecule has 0 aromatic heterocycles. The summed E-state index contributed by atoms with van der Waals surface area (Å²) < 4.78 is 12.6. The first-order chi connectivity index (χ1) is 22.2. The van der Waals surface area contributed by atoms with Gasteiger partial charge in [0.15, 0.2) is 11.9 Å². The van der Waals surface area contributed by atoms with Gasteiger partial charge in [0, 0.05) is 25.6 Å². The van der Waals surface area contributed by atoms with Crippen molar-refractivity contribution in [3.05, 3.63) is 120 Å². The van der Waals surface area contributed by atoms with Gasteiger partial charge in [0.2, 0.25) is 0 Å². The smallest absolute Gasteiger partial charge is 0.258 e. The minimum atomic E-state index is -1.41. The average Bonchev–Trinajstić information content (AvgIpc) is 3.07. The molecule has 0 saturated carbocycles. The summed E-state index contributed by atoms with van der Waals surface area (Å²) in [4.78, 5) is 30.7. The van der Waals surface area contributed by atoms with Gasteiger partial charge in [0.05, 0.1) is 23.9 Å². The summed E-state index contributed by atoms with van der Waals surface area (Å²) in [5.74, 6) is 0.710. The van der Waals surface area contributed by atoms with E-state index in [2.05, 4.69) is 10.2 Å². The van der Waals surface area contributed by atoms with E-state index in [-0.39, 0.29) is 41.5 Å². The number of hydrogen-bond acceptors (Lipinski definition) is 7. The highest BCUT2D eigenvalue weighted by molar-refractivity contribution is 6.02. The second kappa shape index (κ2) is 15.1. The predicted molar refractivity (Wildman–Crippen MR) is 177 cm³/mol. The second-order valence-electron chi connectivity index (χ2n) is 11.9. The van der Waals surface area contributed by atoms with E-state index in [9.17, 15) is 19.8 Å². The second-order valence-corrected chi connectivity index (χ2v) is 11.9. The van der Waals surface area contributed by atoms with Crippen LogP contribution < -0.4 is 14.8 Å². The molecule has 4 aromatic carbocycles. The molecular weight excluding hydrogens is 582 g/mol. The normalized spacial score (nSPS) is 17.7. The van der Waals surface area contributed by atoms with Gasteiger partial charge in [-0.2, -0.15) is 0 Å². The van der Waals surface area contributed by atoms with Gasteiger partial charge in [-0.1, -0.05) is 73.7 Å². The molecule has 9 nitrogen and oxygen atoms in total. The van der Waals surface area contributed by atoms with E-state index in [0.717, 1.165) is 17.1 Å². The Morgan fingerprint density at radius 3 is 2.30 bits per heavy atom. The van der Waals surface area contributed by atoms with Gasteiger partial charge in [0.1, 0.15) is 17.6 Å². The molecule has 0 radical (unpaired) electrons. The van der Waals surface area contributed by atoms with Gasteiger partial charge in [-0.25, -0.2) is 0 Å². The lowest BCUT2D eigenvalue weighted by molar-refractivity contribution is -0.124. The van der Waals surface area contributed by atoms with Crippen LogP contribution in [0.3, 0.4) is 0 Å². The summed E-state index contributed by atoms with van der Waals surface area (Å²) in [7, 11) is 2.01. The van der Waals surface area contributed by atoms with Crippen LogP contribution in [0.2, 0.25) is 0 Å². The van der Waals surface area contributed by atoms with Gasteiger partial charge in [-0.3, -0.25) is 14.5 Å². The molecule has 240 valence electrons. The Morgan fingerprint density at radius 1 is 0.978 bits per heavy atom. The fourth-order valence-corrected chi connectivity index (χ4v) is 5.52. The van der Waals surface area contributed by atoms with E-state index in [1.807, 2.05) is 68.6 Å². The van der Waals surface area contributed by atoms with Gasteiger partial charge in [0.25, 0.3) is 11.8 Å². The van der Waals surface area contributed by atoms with Gasteiger partial charge in [-0.05, 0) is 61.5 Å². The highest BCUT2D eigenvalue weighted by atomic mass is 16.5. The lowest BCUT2D eigenvalue weighted by atomic mass is 9.98. The van der Waals surface area contributed by atoms with Crippen molar-refractivity contribution in [1.29, 1.82) is 0 Å². The molecule has 0 bridgehead atoms. The molecule has 2 amide bonds. The number of nitrogens with one attached hydrogen (secondary N) is 1. The number of para-hydroxylation sites is 2. The number of carbonyl (C=O) groups excluding carboxylic acids is 2. The van der Waals surface area contributed by atoms with Crippen molar-refractivity contribution in [2.75, 3.05) is 32.1 Å². The number of rotatable bonds is 11. The molecule has 0 saturated heterocycles. The minimum absolute atomic E-state index is 0.117. The molecule has 1 aliphatic heterocycles. The van der Waals surface area contributed by atoms with Crippen LogP contribution in [0.1, 0.15) is 41.4 Å². The third kappa shape index (κ3) is 7.92. The largest absolute Gasteiger partial charge is 0.486 e. The molecule has 5 rings (SSSR count).